The van der Waals surface area contributed by atoms with E-state index in [4.69, 9.17) is 0 Å². The maximum atomic E-state index is 12.2. The van der Waals surface area contributed by atoms with E-state index in [9.17, 15) is 4.79 Å². The molecule has 1 aromatic carbocycles. The topological polar surface area (TPSA) is 72.2 Å². The minimum absolute atomic E-state index is 0.141. The van der Waals surface area contributed by atoms with Crippen LogP contribution < -0.4 is 5.32 Å². The second-order valence-corrected chi connectivity index (χ2v) is 6.47. The van der Waals surface area contributed by atoms with Gasteiger partial charge in [0.25, 0.3) is 5.91 Å². The number of pyridine rings is 1. The van der Waals surface area contributed by atoms with E-state index in [1.54, 1.807) is 17.1 Å². The molecule has 0 atom stereocenters. The first kappa shape index (κ1) is 15.6. The molecule has 0 bridgehead atoms. The number of benzene rings is 1. The number of carbonyl (C=O) groups excluding carboxylic acids is 1. The van der Waals surface area contributed by atoms with E-state index in [2.05, 4.69) is 20.4 Å². The Morgan fingerprint density at radius 2 is 2.20 bits per heavy atom. The van der Waals surface area contributed by atoms with Crippen molar-refractivity contribution in [1.29, 1.82) is 0 Å². The molecular formula is C18H15N5OS. The number of amides is 1. The fraction of sp³-hybridized carbons (Fsp3) is 0.111. The number of fused-ring (bicyclic) bond motifs is 1. The van der Waals surface area contributed by atoms with E-state index in [1.165, 1.54) is 11.8 Å². The van der Waals surface area contributed by atoms with E-state index < -0.39 is 0 Å². The van der Waals surface area contributed by atoms with E-state index >= 15 is 0 Å². The van der Waals surface area contributed by atoms with Crippen molar-refractivity contribution in [2.24, 2.45) is 4.99 Å². The largest absolute Gasteiger partial charge is 0.300 e. The molecule has 0 radical (unpaired) electrons. The van der Waals surface area contributed by atoms with E-state index in [0.717, 1.165) is 28.8 Å². The third-order valence-corrected chi connectivity index (χ3v) is 4.70. The lowest BCUT2D eigenvalue weighted by atomic mass is 10.1. The molecule has 1 saturated heterocycles. The molecule has 3 heterocycles. The van der Waals surface area contributed by atoms with E-state index in [1.807, 2.05) is 49.4 Å². The number of aryl methyl sites for hydroxylation is 1. The second-order valence-electron chi connectivity index (χ2n) is 5.44. The van der Waals surface area contributed by atoms with Crippen molar-refractivity contribution < 1.29 is 4.79 Å². The Kier molecular flexibility index (Phi) is 4.07. The van der Waals surface area contributed by atoms with Crippen LogP contribution in [0.1, 0.15) is 12.5 Å². The molecular weight excluding hydrogens is 334 g/mol. The monoisotopic (exact) mass is 349 g/mol. The molecule has 1 aliphatic rings. The standard InChI is InChI=1S/C18H15N5OS/c1-2-23-16(7-9-20-23)21-18-22-17(24)15(25-18)11-12-5-6-14-13(10-12)4-3-8-19-14/h3-11H,2H2,1H3,(H,21,22,24). The zero-order chi connectivity index (χ0) is 17.2. The van der Waals surface area contributed by atoms with Crippen molar-refractivity contribution >= 4 is 45.6 Å². The number of hydrogen-bond donors (Lipinski definition) is 1. The number of aliphatic imine (C=N–C) groups is 1. The summed E-state index contributed by atoms with van der Waals surface area (Å²) in [5.41, 5.74) is 1.89. The van der Waals surface area contributed by atoms with Crippen molar-refractivity contribution in [3.05, 3.63) is 59.3 Å². The summed E-state index contributed by atoms with van der Waals surface area (Å²) < 4.78 is 1.78. The van der Waals surface area contributed by atoms with Gasteiger partial charge in [-0.15, -0.1) is 0 Å². The van der Waals surface area contributed by atoms with Gasteiger partial charge in [-0.05, 0) is 48.5 Å². The Hall–Kier alpha value is -2.93. The van der Waals surface area contributed by atoms with Crippen molar-refractivity contribution in [2.75, 3.05) is 0 Å². The molecule has 0 saturated carbocycles. The number of rotatable bonds is 3. The average molecular weight is 349 g/mol. The first-order chi connectivity index (χ1) is 12.2. The maximum Gasteiger partial charge on any atom is 0.264 e. The first-order valence-electron chi connectivity index (χ1n) is 7.89. The van der Waals surface area contributed by atoms with Crippen LogP contribution in [-0.4, -0.2) is 25.8 Å². The van der Waals surface area contributed by atoms with Gasteiger partial charge in [-0.2, -0.15) is 5.10 Å². The van der Waals surface area contributed by atoms with Gasteiger partial charge < -0.3 is 5.32 Å². The van der Waals surface area contributed by atoms with Crippen molar-refractivity contribution in [3.8, 4) is 0 Å². The zero-order valence-electron chi connectivity index (χ0n) is 13.5. The number of nitrogens with zero attached hydrogens (tertiary/aromatic N) is 4. The summed E-state index contributed by atoms with van der Waals surface area (Å²) in [5.74, 6) is 0.584. The Morgan fingerprint density at radius 1 is 1.28 bits per heavy atom. The van der Waals surface area contributed by atoms with E-state index in [0.29, 0.717) is 10.1 Å². The lowest BCUT2D eigenvalue weighted by molar-refractivity contribution is -0.115. The lowest BCUT2D eigenvalue weighted by Gasteiger charge is -1.99. The lowest BCUT2D eigenvalue weighted by Crippen LogP contribution is -2.19. The highest BCUT2D eigenvalue weighted by Gasteiger charge is 2.24. The Morgan fingerprint density at radius 3 is 3.08 bits per heavy atom. The summed E-state index contributed by atoms with van der Waals surface area (Å²) in [4.78, 5) is 21.6. The van der Waals surface area contributed by atoms with Gasteiger partial charge >= 0.3 is 0 Å². The molecule has 1 fully saturated rings. The summed E-state index contributed by atoms with van der Waals surface area (Å²) in [6, 6.07) is 11.7. The Labute approximate surface area is 148 Å². The fourth-order valence-corrected chi connectivity index (χ4v) is 3.41. The number of hydrogen-bond acceptors (Lipinski definition) is 5. The van der Waals surface area contributed by atoms with Gasteiger partial charge in [0.2, 0.25) is 0 Å². The smallest absolute Gasteiger partial charge is 0.264 e. The molecule has 0 spiro atoms. The molecule has 6 nitrogen and oxygen atoms in total. The van der Waals surface area contributed by atoms with Crippen molar-refractivity contribution in [1.82, 2.24) is 20.1 Å². The van der Waals surface area contributed by atoms with Gasteiger partial charge in [0.1, 0.15) is 0 Å². The van der Waals surface area contributed by atoms with Gasteiger partial charge in [-0.25, -0.2) is 9.67 Å². The molecule has 25 heavy (non-hydrogen) atoms. The highest BCUT2D eigenvalue weighted by atomic mass is 32.2. The second kappa shape index (κ2) is 6.52. The van der Waals surface area contributed by atoms with Crippen molar-refractivity contribution in [2.45, 2.75) is 13.5 Å². The predicted molar refractivity (Wildman–Crippen MR) is 100 cm³/mol. The Bertz CT molecular complexity index is 1020. The van der Waals surface area contributed by atoms with Crippen LogP contribution in [0.5, 0.6) is 0 Å². The van der Waals surface area contributed by atoms with Crippen molar-refractivity contribution in [3.63, 3.8) is 0 Å². The normalized spacial score (nSPS) is 17.6. The van der Waals surface area contributed by atoms with Gasteiger partial charge in [0.05, 0.1) is 16.6 Å². The highest BCUT2D eigenvalue weighted by molar-refractivity contribution is 8.18. The molecule has 3 aromatic rings. The SMILES string of the molecule is CCn1nccc1N=C1NC(=O)C(=Cc2ccc3ncccc3c2)S1. The third kappa shape index (κ3) is 3.18. The molecule has 2 aromatic heterocycles. The molecule has 124 valence electrons. The maximum absolute atomic E-state index is 12.2. The van der Waals surface area contributed by atoms with Gasteiger partial charge in [0, 0.05) is 24.2 Å². The van der Waals surface area contributed by atoms with Crippen LogP contribution in [0.3, 0.4) is 0 Å². The summed E-state index contributed by atoms with van der Waals surface area (Å²) in [6.45, 7) is 2.72. The number of nitrogens with one attached hydrogen (secondary N) is 1. The van der Waals surface area contributed by atoms with Crippen LogP contribution in [-0.2, 0) is 11.3 Å². The van der Waals surface area contributed by atoms with Crippen LogP contribution >= 0.6 is 11.8 Å². The number of thioether (sulfide) groups is 1. The minimum atomic E-state index is -0.141. The van der Waals surface area contributed by atoms with Crippen LogP contribution in [0.25, 0.3) is 17.0 Å². The molecule has 1 aliphatic heterocycles. The quantitative estimate of drug-likeness (QED) is 0.736. The average Bonchev–Trinajstić information content (AvgIpc) is 3.21. The summed E-state index contributed by atoms with van der Waals surface area (Å²) in [5, 5.41) is 8.59. The Balaban J connectivity index is 1.62. The number of carbonyl (C=O) groups is 1. The van der Waals surface area contributed by atoms with E-state index in [-0.39, 0.29) is 5.91 Å². The van der Waals surface area contributed by atoms with Crippen LogP contribution in [0.15, 0.2) is 58.7 Å². The molecule has 7 heteroatoms. The minimum Gasteiger partial charge on any atom is -0.300 e. The summed E-state index contributed by atoms with van der Waals surface area (Å²) in [7, 11) is 0. The van der Waals surface area contributed by atoms with Crippen LogP contribution in [0.4, 0.5) is 5.82 Å². The molecule has 1 amide bonds. The fourth-order valence-electron chi connectivity index (χ4n) is 2.58. The van der Waals surface area contributed by atoms with Crippen LogP contribution in [0.2, 0.25) is 0 Å². The van der Waals surface area contributed by atoms with Crippen LogP contribution in [0, 0.1) is 0 Å². The summed E-state index contributed by atoms with van der Waals surface area (Å²) >= 11 is 1.33. The van der Waals surface area contributed by atoms with Gasteiger partial charge in [-0.1, -0.05) is 12.1 Å². The number of aromatic nitrogens is 3. The zero-order valence-corrected chi connectivity index (χ0v) is 14.3. The first-order valence-corrected chi connectivity index (χ1v) is 8.71. The summed E-state index contributed by atoms with van der Waals surface area (Å²) in [6.07, 6.45) is 5.33. The molecule has 0 unspecified atom stereocenters. The third-order valence-electron chi connectivity index (χ3n) is 3.79. The highest BCUT2D eigenvalue weighted by Crippen LogP contribution is 2.28. The van der Waals surface area contributed by atoms with Gasteiger partial charge in [-0.3, -0.25) is 9.78 Å². The molecule has 0 aliphatic carbocycles. The predicted octanol–water partition coefficient (Wildman–Crippen LogP) is 3.34. The number of amidine groups is 1. The molecule has 4 rings (SSSR count). The molecule has 1 N–H and O–H groups in total. The van der Waals surface area contributed by atoms with Gasteiger partial charge in [0.15, 0.2) is 11.0 Å².